The number of anilines is 1. The first-order chi connectivity index (χ1) is 15.0. The highest BCUT2D eigenvalue weighted by atomic mass is 16.5. The lowest BCUT2D eigenvalue weighted by atomic mass is 9.91. The second-order valence-corrected chi connectivity index (χ2v) is 7.07. The minimum atomic E-state index is -0.830. The number of carbonyl (C=O) groups is 1. The summed E-state index contributed by atoms with van der Waals surface area (Å²) in [6.45, 7) is 9.89. The minimum absolute atomic E-state index is 0.0169. The van der Waals surface area contributed by atoms with Crippen molar-refractivity contribution in [2.45, 2.75) is 39.2 Å². The molecule has 31 heavy (non-hydrogen) atoms. The summed E-state index contributed by atoms with van der Waals surface area (Å²) < 4.78 is 11.3. The van der Waals surface area contributed by atoms with Gasteiger partial charge < -0.3 is 19.9 Å². The van der Waals surface area contributed by atoms with Gasteiger partial charge in [0.2, 0.25) is 0 Å². The number of carbonyl (C=O) groups excluding carboxylic acids is 1. The van der Waals surface area contributed by atoms with Crippen LogP contribution in [0.3, 0.4) is 0 Å². The third-order valence-electron chi connectivity index (χ3n) is 4.95. The SMILES string of the molecule is C=CC(C)c1cc(CC)cc(C(Nc2ccc(C#N)cc2)C(=O)OCC)c1OCCO. The molecule has 2 unspecified atom stereocenters. The molecule has 0 spiro atoms. The van der Waals surface area contributed by atoms with Crippen LogP contribution in [0.25, 0.3) is 0 Å². The van der Waals surface area contributed by atoms with E-state index in [0.717, 1.165) is 17.5 Å². The molecule has 0 saturated heterocycles. The maximum Gasteiger partial charge on any atom is 0.333 e. The van der Waals surface area contributed by atoms with Crippen molar-refractivity contribution in [3.05, 3.63) is 71.3 Å². The molecule has 0 amide bonds. The number of benzene rings is 2. The number of aliphatic hydroxyl groups is 1. The summed E-state index contributed by atoms with van der Waals surface area (Å²) in [7, 11) is 0. The van der Waals surface area contributed by atoms with Gasteiger partial charge in [-0.15, -0.1) is 6.58 Å². The van der Waals surface area contributed by atoms with E-state index in [4.69, 9.17) is 14.7 Å². The highest BCUT2D eigenvalue weighted by Gasteiger charge is 2.28. The number of ether oxygens (including phenoxy) is 2. The zero-order valence-electron chi connectivity index (χ0n) is 18.4. The Kier molecular flexibility index (Phi) is 9.11. The normalized spacial score (nSPS) is 12.4. The van der Waals surface area contributed by atoms with Crippen molar-refractivity contribution in [1.29, 1.82) is 5.26 Å². The van der Waals surface area contributed by atoms with Gasteiger partial charge in [0.1, 0.15) is 12.4 Å². The molecule has 0 radical (unpaired) electrons. The minimum Gasteiger partial charge on any atom is -0.491 e. The van der Waals surface area contributed by atoms with Crippen molar-refractivity contribution in [2.24, 2.45) is 0 Å². The fourth-order valence-electron chi connectivity index (χ4n) is 3.23. The number of hydrogen-bond acceptors (Lipinski definition) is 6. The number of hydrogen-bond donors (Lipinski definition) is 2. The number of aryl methyl sites for hydroxylation is 1. The predicted octanol–water partition coefficient (Wildman–Crippen LogP) is 4.50. The van der Waals surface area contributed by atoms with Gasteiger partial charge in [0.25, 0.3) is 0 Å². The average molecular weight is 423 g/mol. The molecule has 0 aliphatic carbocycles. The summed E-state index contributed by atoms with van der Waals surface area (Å²) in [6, 6.07) is 12.1. The van der Waals surface area contributed by atoms with Crippen molar-refractivity contribution in [3.8, 4) is 11.8 Å². The lowest BCUT2D eigenvalue weighted by Crippen LogP contribution is -2.25. The van der Waals surface area contributed by atoms with Gasteiger partial charge in [-0.05, 0) is 49.2 Å². The van der Waals surface area contributed by atoms with Crippen LogP contribution in [-0.2, 0) is 16.0 Å². The smallest absolute Gasteiger partial charge is 0.333 e. The topological polar surface area (TPSA) is 91.6 Å². The number of esters is 1. The Hall–Kier alpha value is -3.30. The van der Waals surface area contributed by atoms with Gasteiger partial charge >= 0.3 is 5.97 Å². The van der Waals surface area contributed by atoms with Crippen molar-refractivity contribution >= 4 is 11.7 Å². The molecule has 6 nitrogen and oxygen atoms in total. The number of allylic oxidation sites excluding steroid dienone is 1. The quantitative estimate of drug-likeness (QED) is 0.409. The molecule has 6 heteroatoms. The Balaban J connectivity index is 2.64. The Bertz CT molecular complexity index is 932. The molecular weight excluding hydrogens is 392 g/mol. The summed E-state index contributed by atoms with van der Waals surface area (Å²) in [6.07, 6.45) is 2.59. The molecule has 0 aromatic heterocycles. The van der Waals surface area contributed by atoms with E-state index in [1.165, 1.54) is 0 Å². The summed E-state index contributed by atoms with van der Waals surface area (Å²) in [5.41, 5.74) is 3.78. The van der Waals surface area contributed by atoms with Gasteiger partial charge in [-0.2, -0.15) is 5.26 Å². The Morgan fingerprint density at radius 3 is 2.48 bits per heavy atom. The molecule has 2 aromatic carbocycles. The van der Waals surface area contributed by atoms with E-state index in [0.29, 0.717) is 22.6 Å². The van der Waals surface area contributed by atoms with E-state index in [9.17, 15) is 9.90 Å². The van der Waals surface area contributed by atoms with Crippen molar-refractivity contribution in [2.75, 3.05) is 25.1 Å². The van der Waals surface area contributed by atoms with E-state index in [1.54, 1.807) is 31.2 Å². The summed E-state index contributed by atoms with van der Waals surface area (Å²) >= 11 is 0. The lowest BCUT2D eigenvalue weighted by molar-refractivity contribution is -0.144. The third-order valence-corrected chi connectivity index (χ3v) is 4.95. The van der Waals surface area contributed by atoms with Crippen LogP contribution in [0.2, 0.25) is 0 Å². The van der Waals surface area contributed by atoms with Gasteiger partial charge in [-0.3, -0.25) is 0 Å². The van der Waals surface area contributed by atoms with Gasteiger partial charge in [0, 0.05) is 22.7 Å². The van der Waals surface area contributed by atoms with Crippen LogP contribution < -0.4 is 10.1 Å². The van der Waals surface area contributed by atoms with E-state index in [2.05, 4.69) is 18.0 Å². The molecular formula is C25H30N2O4. The molecule has 2 N–H and O–H groups in total. The molecule has 0 aliphatic rings. The Morgan fingerprint density at radius 2 is 1.94 bits per heavy atom. The van der Waals surface area contributed by atoms with Gasteiger partial charge in [0.15, 0.2) is 6.04 Å². The predicted molar refractivity (Wildman–Crippen MR) is 121 cm³/mol. The fraction of sp³-hybridized carbons (Fsp3) is 0.360. The van der Waals surface area contributed by atoms with Crippen LogP contribution >= 0.6 is 0 Å². The van der Waals surface area contributed by atoms with E-state index >= 15 is 0 Å². The maximum absolute atomic E-state index is 13.0. The van der Waals surface area contributed by atoms with Crippen LogP contribution in [-0.4, -0.2) is 30.9 Å². The van der Waals surface area contributed by atoms with E-state index in [1.807, 2.05) is 32.1 Å². The molecule has 164 valence electrons. The Labute approximate surface area is 184 Å². The molecule has 2 rings (SSSR count). The monoisotopic (exact) mass is 422 g/mol. The summed E-state index contributed by atoms with van der Waals surface area (Å²) in [5, 5.41) is 21.6. The van der Waals surface area contributed by atoms with Gasteiger partial charge in [-0.25, -0.2) is 4.79 Å². The summed E-state index contributed by atoms with van der Waals surface area (Å²) in [5.74, 6) is 0.0840. The number of nitriles is 1. The second-order valence-electron chi connectivity index (χ2n) is 7.07. The molecule has 2 atom stereocenters. The van der Waals surface area contributed by atoms with Crippen molar-refractivity contribution in [1.82, 2.24) is 0 Å². The molecule has 0 aliphatic heterocycles. The highest BCUT2D eigenvalue weighted by Crippen LogP contribution is 2.38. The van der Waals surface area contributed by atoms with E-state index < -0.39 is 12.0 Å². The number of nitrogens with zero attached hydrogens (tertiary/aromatic N) is 1. The van der Waals surface area contributed by atoms with Crippen LogP contribution in [0.4, 0.5) is 5.69 Å². The van der Waals surface area contributed by atoms with Gasteiger partial charge in [0.05, 0.1) is 24.8 Å². The van der Waals surface area contributed by atoms with Crippen LogP contribution in [0, 0.1) is 11.3 Å². The first-order valence-corrected chi connectivity index (χ1v) is 10.4. The van der Waals surface area contributed by atoms with Crippen LogP contribution in [0.15, 0.2) is 49.1 Å². The summed E-state index contributed by atoms with van der Waals surface area (Å²) in [4.78, 5) is 13.0. The largest absolute Gasteiger partial charge is 0.491 e. The molecule has 2 aromatic rings. The molecule has 0 bridgehead atoms. The van der Waals surface area contributed by atoms with Crippen LogP contribution in [0.1, 0.15) is 55.0 Å². The number of rotatable bonds is 11. The molecule has 0 fully saturated rings. The molecule has 0 heterocycles. The molecule has 0 saturated carbocycles. The Morgan fingerprint density at radius 1 is 1.26 bits per heavy atom. The van der Waals surface area contributed by atoms with Gasteiger partial charge in [-0.1, -0.05) is 26.0 Å². The van der Waals surface area contributed by atoms with Crippen molar-refractivity contribution in [3.63, 3.8) is 0 Å². The number of nitrogens with one attached hydrogen (secondary N) is 1. The van der Waals surface area contributed by atoms with Crippen LogP contribution in [0.5, 0.6) is 5.75 Å². The fourth-order valence-corrected chi connectivity index (χ4v) is 3.23. The first-order valence-electron chi connectivity index (χ1n) is 10.4. The zero-order valence-corrected chi connectivity index (χ0v) is 18.4. The lowest BCUT2D eigenvalue weighted by Gasteiger charge is -2.25. The van der Waals surface area contributed by atoms with Crippen molar-refractivity contribution < 1.29 is 19.4 Å². The average Bonchev–Trinajstić information content (AvgIpc) is 2.80. The third kappa shape index (κ3) is 6.09. The maximum atomic E-state index is 13.0. The second kappa shape index (κ2) is 11.8. The van der Waals surface area contributed by atoms with E-state index in [-0.39, 0.29) is 25.7 Å². The first kappa shape index (κ1) is 24.0. The highest BCUT2D eigenvalue weighted by molar-refractivity contribution is 5.82. The number of aliphatic hydroxyl groups excluding tert-OH is 1. The zero-order chi connectivity index (χ0) is 22.8. The standard InChI is InChI=1S/C25H30N2O4/c1-5-17(4)21-14-18(6-2)15-22(24(21)31-13-12-28)23(25(29)30-7-3)27-20-10-8-19(16-26)9-11-20/h5,8-11,14-15,17,23,27-28H,1,6-7,12-13H2,2-4H3.